The predicted molar refractivity (Wildman–Crippen MR) is 74.9 cm³/mol. The van der Waals surface area contributed by atoms with Gasteiger partial charge in [-0.2, -0.15) is 0 Å². The largest absolute Gasteiger partial charge is 0.465 e. The third kappa shape index (κ3) is 3.07. The second kappa shape index (κ2) is 8.09. The van der Waals surface area contributed by atoms with Crippen LogP contribution in [0.15, 0.2) is 0 Å². The summed E-state index contributed by atoms with van der Waals surface area (Å²) in [6.07, 6.45) is -0.889. The zero-order valence-corrected chi connectivity index (χ0v) is 13.3. The van der Waals surface area contributed by atoms with Crippen molar-refractivity contribution in [1.29, 1.82) is 0 Å². The first-order chi connectivity index (χ1) is 10.5. The van der Waals surface area contributed by atoms with Gasteiger partial charge in [-0.25, -0.2) is 0 Å². The highest BCUT2D eigenvalue weighted by Crippen LogP contribution is 2.37. The second-order valence-corrected chi connectivity index (χ2v) is 4.63. The molecule has 1 aliphatic heterocycles. The van der Waals surface area contributed by atoms with E-state index in [2.05, 4.69) is 5.32 Å². The van der Waals surface area contributed by atoms with Crippen LogP contribution in [0.25, 0.3) is 0 Å². The lowest BCUT2D eigenvalue weighted by molar-refractivity contribution is -0.185. The third-order valence-electron chi connectivity index (χ3n) is 3.50. The van der Waals surface area contributed by atoms with Crippen LogP contribution in [0.1, 0.15) is 20.8 Å². The van der Waals surface area contributed by atoms with Gasteiger partial charge >= 0.3 is 17.9 Å². The number of ether oxygens (including phenoxy) is 4. The first kappa shape index (κ1) is 18.4. The molecule has 0 saturated carbocycles. The predicted octanol–water partition coefficient (Wildman–Crippen LogP) is -0.351. The summed E-state index contributed by atoms with van der Waals surface area (Å²) in [5.74, 6) is -2.44. The molecule has 0 bridgehead atoms. The molecule has 1 fully saturated rings. The van der Waals surface area contributed by atoms with Crippen molar-refractivity contribution in [3.05, 3.63) is 0 Å². The smallest absolute Gasteiger partial charge is 0.328 e. The molecule has 1 heterocycles. The molecule has 0 amide bonds. The minimum atomic E-state index is -1.91. The number of hydrogen-bond acceptors (Lipinski definition) is 8. The summed E-state index contributed by atoms with van der Waals surface area (Å²) in [4.78, 5) is 37.2. The Labute approximate surface area is 129 Å². The van der Waals surface area contributed by atoms with E-state index in [9.17, 15) is 14.4 Å². The van der Waals surface area contributed by atoms with Crippen molar-refractivity contribution in [2.45, 2.75) is 32.9 Å². The van der Waals surface area contributed by atoms with Gasteiger partial charge in [0.2, 0.25) is 5.41 Å². The molecule has 1 saturated heterocycles. The first-order valence-electron chi connectivity index (χ1n) is 7.27. The van der Waals surface area contributed by atoms with Crippen LogP contribution in [0, 0.1) is 5.41 Å². The molecule has 0 aromatic heterocycles. The van der Waals surface area contributed by atoms with Crippen LogP contribution in [0.2, 0.25) is 0 Å². The van der Waals surface area contributed by atoms with Gasteiger partial charge in [-0.15, -0.1) is 0 Å². The number of carbonyl (C=O) groups excluding carboxylic acids is 3. The van der Waals surface area contributed by atoms with Crippen molar-refractivity contribution in [2.24, 2.45) is 5.41 Å². The van der Waals surface area contributed by atoms with Gasteiger partial charge in [-0.1, -0.05) is 0 Å². The lowest BCUT2D eigenvalue weighted by Gasteiger charge is -2.32. The van der Waals surface area contributed by atoms with Gasteiger partial charge in [0.05, 0.1) is 25.9 Å². The number of methoxy groups -OCH3 is 1. The molecule has 22 heavy (non-hydrogen) atoms. The Bertz CT molecular complexity index is 405. The molecule has 1 N–H and O–H groups in total. The van der Waals surface area contributed by atoms with E-state index in [4.69, 9.17) is 18.9 Å². The Hall–Kier alpha value is -1.67. The fourth-order valence-corrected chi connectivity index (χ4v) is 2.58. The Morgan fingerprint density at radius 3 is 1.91 bits per heavy atom. The monoisotopic (exact) mass is 317 g/mol. The SMILES string of the molecule is CCOC(=O)[C@H]1NC[C@H](OC)C1(C(=O)OCC)C(=O)OCC. The summed E-state index contributed by atoms with van der Waals surface area (Å²) in [7, 11) is 1.35. The molecule has 1 aliphatic rings. The minimum absolute atomic E-state index is 0.0615. The van der Waals surface area contributed by atoms with Gasteiger partial charge in [0.15, 0.2) is 0 Å². The van der Waals surface area contributed by atoms with Crippen molar-refractivity contribution in [3.63, 3.8) is 0 Å². The number of hydrogen-bond donors (Lipinski definition) is 1. The van der Waals surface area contributed by atoms with E-state index in [0.717, 1.165) is 0 Å². The molecular weight excluding hydrogens is 294 g/mol. The fourth-order valence-electron chi connectivity index (χ4n) is 2.58. The summed E-state index contributed by atoms with van der Waals surface area (Å²) < 4.78 is 20.2. The number of esters is 3. The molecule has 8 heteroatoms. The Kier molecular flexibility index (Phi) is 6.76. The molecule has 0 spiro atoms. The number of rotatable bonds is 7. The van der Waals surface area contributed by atoms with Crippen molar-refractivity contribution >= 4 is 17.9 Å². The van der Waals surface area contributed by atoms with Crippen LogP contribution in [0.4, 0.5) is 0 Å². The average molecular weight is 317 g/mol. The van der Waals surface area contributed by atoms with Crippen LogP contribution in [-0.2, 0) is 33.3 Å². The first-order valence-corrected chi connectivity index (χ1v) is 7.27. The van der Waals surface area contributed by atoms with Crippen molar-refractivity contribution in [1.82, 2.24) is 5.32 Å². The number of carbonyl (C=O) groups is 3. The fraction of sp³-hybridized carbons (Fsp3) is 0.786. The second-order valence-electron chi connectivity index (χ2n) is 4.63. The Balaban J connectivity index is 3.32. The maximum Gasteiger partial charge on any atom is 0.328 e. The summed E-state index contributed by atoms with van der Waals surface area (Å²) >= 11 is 0. The molecule has 1 rings (SSSR count). The molecule has 8 nitrogen and oxygen atoms in total. The molecule has 0 aromatic rings. The summed E-state index contributed by atoms with van der Waals surface area (Å²) in [5.41, 5.74) is -1.91. The molecule has 0 unspecified atom stereocenters. The van der Waals surface area contributed by atoms with Gasteiger partial charge in [0.25, 0.3) is 0 Å². The highest BCUT2D eigenvalue weighted by Gasteiger charge is 2.67. The van der Waals surface area contributed by atoms with Gasteiger partial charge < -0.3 is 24.3 Å². The van der Waals surface area contributed by atoms with Crippen LogP contribution in [0.5, 0.6) is 0 Å². The molecule has 2 atom stereocenters. The third-order valence-corrected chi connectivity index (χ3v) is 3.50. The molecule has 126 valence electrons. The van der Waals surface area contributed by atoms with E-state index in [1.165, 1.54) is 7.11 Å². The van der Waals surface area contributed by atoms with E-state index in [1.54, 1.807) is 20.8 Å². The van der Waals surface area contributed by atoms with Crippen molar-refractivity contribution in [2.75, 3.05) is 33.5 Å². The minimum Gasteiger partial charge on any atom is -0.465 e. The van der Waals surface area contributed by atoms with Crippen LogP contribution < -0.4 is 5.32 Å². The quantitative estimate of drug-likeness (QED) is 0.386. The topological polar surface area (TPSA) is 100 Å². The normalized spacial score (nSPS) is 22.9. The van der Waals surface area contributed by atoms with Gasteiger partial charge in [-0.05, 0) is 20.8 Å². The number of nitrogens with one attached hydrogen (secondary N) is 1. The van der Waals surface area contributed by atoms with Crippen LogP contribution in [-0.4, -0.2) is 63.5 Å². The Morgan fingerprint density at radius 2 is 1.50 bits per heavy atom. The average Bonchev–Trinajstić information content (AvgIpc) is 2.88. The van der Waals surface area contributed by atoms with E-state index in [-0.39, 0.29) is 26.4 Å². The molecular formula is C14H23NO7. The zero-order chi connectivity index (χ0) is 16.8. The van der Waals surface area contributed by atoms with Gasteiger partial charge in [0, 0.05) is 13.7 Å². The molecule has 0 aliphatic carbocycles. The van der Waals surface area contributed by atoms with Crippen molar-refractivity contribution < 1.29 is 33.3 Å². The van der Waals surface area contributed by atoms with E-state index in [0.29, 0.717) is 0 Å². The maximum atomic E-state index is 12.5. The van der Waals surface area contributed by atoms with Crippen LogP contribution in [0.3, 0.4) is 0 Å². The van der Waals surface area contributed by atoms with Gasteiger partial charge in [0.1, 0.15) is 6.04 Å². The Morgan fingerprint density at radius 1 is 1.00 bits per heavy atom. The maximum absolute atomic E-state index is 12.5. The molecule has 0 aromatic carbocycles. The van der Waals surface area contributed by atoms with E-state index >= 15 is 0 Å². The van der Waals surface area contributed by atoms with Gasteiger partial charge in [-0.3, -0.25) is 14.4 Å². The highest BCUT2D eigenvalue weighted by atomic mass is 16.6. The summed E-state index contributed by atoms with van der Waals surface area (Å²) in [5, 5.41) is 2.81. The van der Waals surface area contributed by atoms with E-state index in [1.807, 2.05) is 0 Å². The molecule has 0 radical (unpaired) electrons. The summed E-state index contributed by atoms with van der Waals surface area (Å²) in [6, 6.07) is -1.21. The summed E-state index contributed by atoms with van der Waals surface area (Å²) in [6.45, 7) is 5.23. The lowest BCUT2D eigenvalue weighted by Crippen LogP contribution is -2.59. The highest BCUT2D eigenvalue weighted by molar-refractivity contribution is 6.07. The van der Waals surface area contributed by atoms with Crippen molar-refractivity contribution in [3.8, 4) is 0 Å². The zero-order valence-electron chi connectivity index (χ0n) is 13.3. The lowest BCUT2D eigenvalue weighted by atomic mass is 9.78. The van der Waals surface area contributed by atoms with E-state index < -0.39 is 35.5 Å². The van der Waals surface area contributed by atoms with Crippen LogP contribution >= 0.6 is 0 Å². The standard InChI is InChI=1S/C14H23NO7/c1-5-20-11(16)10-14(12(17)21-6-2,13(18)22-7-3)9(19-4)8-15-10/h9-10,15H,5-8H2,1-4H3/t9-,10+/m0/s1.